The molecule has 0 aromatic heterocycles. The van der Waals surface area contributed by atoms with Crippen LogP contribution < -0.4 is 0 Å². The number of esters is 28. The number of benzene rings is 1. The van der Waals surface area contributed by atoms with Gasteiger partial charge in [0.2, 0.25) is 0 Å². The van der Waals surface area contributed by atoms with E-state index in [1.807, 2.05) is 24.3 Å². The number of hydrogen-bond donors (Lipinski definition) is 0. The number of carbonyl (C=O) groups excluding carboxylic acids is 28. The first kappa shape index (κ1) is 102. The number of nitrogens with zero attached hydrogens (tertiary/aromatic N) is 2. The Hall–Kier alpha value is -12.9. The van der Waals surface area contributed by atoms with E-state index in [2.05, 4.69) is 66.3 Å². The average Bonchev–Trinajstić information content (AvgIpc) is 1.58. The Kier molecular flexibility index (Phi) is 35.4. The number of ether oxygens (including phenoxy) is 14. The van der Waals surface area contributed by atoms with Crippen molar-refractivity contribution in [3.63, 3.8) is 0 Å². The molecule has 0 spiro atoms. The second kappa shape index (κ2) is 44.9. The van der Waals surface area contributed by atoms with Gasteiger partial charge in [-0.15, -0.1) is 0 Å². The normalized spacial score (nSPS) is 27.8. The summed E-state index contributed by atoms with van der Waals surface area (Å²) in [6.07, 6.45) is 7.02. The summed E-state index contributed by atoms with van der Waals surface area (Å²) in [7, 11) is 0. The highest BCUT2D eigenvalue weighted by atomic mass is 16.6. The fourth-order valence-corrected chi connectivity index (χ4v) is 17.5. The summed E-state index contributed by atoms with van der Waals surface area (Å²) in [6.45, 7) is 7.00. The van der Waals surface area contributed by atoms with Crippen LogP contribution in [0.25, 0.3) is 0 Å². The predicted molar refractivity (Wildman–Crippen MR) is 414 cm³/mol. The van der Waals surface area contributed by atoms with E-state index >= 15 is 0 Å². The van der Waals surface area contributed by atoms with Gasteiger partial charge in [0, 0.05) is 102 Å². The molecule has 14 heterocycles. The number of morpholine rings is 2. The Labute approximate surface area is 739 Å². The molecule has 1 saturated carbocycles. The molecular formula is C86H98N2O42. The zero-order chi connectivity index (χ0) is 93.5. The molecule has 1 aromatic rings. The van der Waals surface area contributed by atoms with E-state index in [0.717, 1.165) is 36.8 Å². The minimum absolute atomic E-state index is 0. The summed E-state index contributed by atoms with van der Waals surface area (Å²) in [5, 5.41) is 0. The molecule has 44 heteroatoms. The number of carbonyl (C=O) groups is 28. The summed E-state index contributed by atoms with van der Waals surface area (Å²) in [5.41, 5.74) is -0.877. The van der Waals surface area contributed by atoms with E-state index in [-0.39, 0.29) is 185 Å². The topological polar surface area (TPSA) is 614 Å². The van der Waals surface area contributed by atoms with Gasteiger partial charge in [-0.1, -0.05) is 53.0 Å². The minimum Gasteiger partial charge on any atom is -0.393 e. The van der Waals surface area contributed by atoms with E-state index in [1.54, 1.807) is 23.6 Å². The van der Waals surface area contributed by atoms with Gasteiger partial charge in [-0.2, -0.15) is 0 Å². The second-order valence-corrected chi connectivity index (χ2v) is 33.9. The lowest BCUT2D eigenvalue weighted by Crippen LogP contribution is -2.49. The van der Waals surface area contributed by atoms with E-state index in [4.69, 9.17) is 0 Å². The van der Waals surface area contributed by atoms with E-state index in [0.29, 0.717) is 57.0 Å². The Morgan fingerprint density at radius 1 is 0.254 bits per heavy atom. The first-order valence-electron chi connectivity index (χ1n) is 41.2. The highest BCUT2D eigenvalue weighted by Gasteiger charge is 2.65. The summed E-state index contributed by atoms with van der Waals surface area (Å²) >= 11 is 0. The second-order valence-electron chi connectivity index (χ2n) is 33.9. The van der Waals surface area contributed by atoms with Gasteiger partial charge in [0.25, 0.3) is 0 Å². The summed E-state index contributed by atoms with van der Waals surface area (Å²) in [5.74, 6) is -18.6. The monoisotopic (exact) mass is 1830 g/mol. The van der Waals surface area contributed by atoms with E-state index < -0.39 is 202 Å². The molecule has 6 unspecified atom stereocenters. The third-order valence-corrected chi connectivity index (χ3v) is 24.7. The largest absolute Gasteiger partial charge is 0.393 e. The Bertz CT molecular complexity index is 4340. The molecule has 14 saturated heterocycles. The molecule has 704 valence electrons. The molecule has 0 bridgehead atoms. The van der Waals surface area contributed by atoms with Crippen molar-refractivity contribution in [3.8, 4) is 0 Å². The van der Waals surface area contributed by atoms with Crippen molar-refractivity contribution in [2.24, 2.45) is 81.8 Å². The Morgan fingerprint density at radius 2 is 0.469 bits per heavy atom. The molecule has 15 aliphatic rings. The maximum absolute atomic E-state index is 11.6. The van der Waals surface area contributed by atoms with Crippen molar-refractivity contribution in [1.82, 2.24) is 9.80 Å². The van der Waals surface area contributed by atoms with E-state index in [1.165, 1.54) is 13.8 Å². The van der Waals surface area contributed by atoms with Gasteiger partial charge < -0.3 is 66.3 Å². The molecule has 0 radical (unpaired) electrons. The van der Waals surface area contributed by atoms with Crippen molar-refractivity contribution in [1.29, 1.82) is 0 Å². The van der Waals surface area contributed by atoms with Gasteiger partial charge in [-0.05, 0) is 111 Å². The van der Waals surface area contributed by atoms with Crippen molar-refractivity contribution in [3.05, 3.63) is 35.4 Å². The third kappa shape index (κ3) is 28.1. The van der Waals surface area contributed by atoms with Crippen LogP contribution in [0.1, 0.15) is 220 Å². The first-order valence-corrected chi connectivity index (χ1v) is 41.2. The van der Waals surface area contributed by atoms with Crippen LogP contribution in [0.4, 0.5) is 0 Å². The maximum atomic E-state index is 11.6. The van der Waals surface area contributed by atoms with Gasteiger partial charge in [0.1, 0.15) is 0 Å². The first-order chi connectivity index (χ1) is 60.3. The summed E-state index contributed by atoms with van der Waals surface area (Å²) < 4.78 is 62.4. The van der Waals surface area contributed by atoms with Gasteiger partial charge in [-0.3, -0.25) is 144 Å². The molecule has 1 aliphatic carbocycles. The number of cyclic esters (lactones) is 28. The van der Waals surface area contributed by atoms with Crippen LogP contribution in [0.2, 0.25) is 0 Å². The van der Waals surface area contributed by atoms with Crippen LogP contribution in [0.15, 0.2) is 24.3 Å². The Morgan fingerprint density at radius 3 is 0.685 bits per heavy atom. The van der Waals surface area contributed by atoms with Crippen LogP contribution in [0, 0.1) is 81.8 Å². The fraction of sp³-hybridized carbons (Fsp3) is 0.605. The highest BCUT2D eigenvalue weighted by molar-refractivity contribution is 6.06. The Balaban J connectivity index is 0.000000187. The standard InChI is InChI=1S/C16H20O6.C16H14O6.2C11H12O6.C10H12N2O6.2C10H10O6.2CH4/c2*17-13-5-11(6-14(18)21-13)9-1-2-10(4-3-9)12-7-15(19)22-16(20)8-12;12-8-2-6(3-9(13)16-8)1-7-4-10(14)17-11(15)5-7;1-4-6(10(14)16-8(4)12)3-7-5(2)9(13)17-11(7)15;13-7-3-11(4-8(14)17-7)1-2-12-5-9(15)18-10(16)6-12;1-9(3-5(11)15-7(9)13)10(2)4-6(12)16-8(10)14;11-7-1-5(2-8(12)15-7)6-3-9(13)16-10(14)4-6;;/h9-12H,1-8H2;1-4,11-12H,5-8H2;6-7H,1-5H2;4-7H,3H2,1-2H3;1-6H2;3-4H2,1-2H3;5-6H,1-4H2;2*1H4. The summed E-state index contributed by atoms with van der Waals surface area (Å²) in [6, 6.07) is 7.32. The van der Waals surface area contributed by atoms with Crippen molar-refractivity contribution < 1.29 is 201 Å². The third-order valence-electron chi connectivity index (χ3n) is 24.7. The van der Waals surface area contributed by atoms with Gasteiger partial charge in [0.05, 0.1) is 99.2 Å². The van der Waals surface area contributed by atoms with Gasteiger partial charge in [-0.25, -0.2) is 0 Å². The van der Waals surface area contributed by atoms with Crippen LogP contribution in [0.5, 0.6) is 0 Å². The maximum Gasteiger partial charge on any atom is 0.327 e. The quantitative estimate of drug-likeness (QED) is 0.156. The van der Waals surface area contributed by atoms with Crippen LogP contribution in [-0.2, 0) is 201 Å². The fourth-order valence-electron chi connectivity index (χ4n) is 17.5. The SMILES string of the molecule is C.C.CC1(C2(C)CC(=O)OC2=O)CC(=O)OC1=O.CC1C(=O)OC(=O)C1CC1C(=O)OC(=O)C1C.O=C1CC(C2CC(=O)OC(=O)C2)CC(=O)O1.O=C1CC(C2CCC(C3CC(=O)OC(=O)C3)CC2)CC(=O)O1.O=C1CC(CC2CC(=O)OC(=O)C2)CC(=O)O1.O=C1CC(c2ccc(C3CC(=O)OC(=O)C3)cc2)CC(=O)O1.O=C1CN(CCN2CC(=O)OC(=O)C2)CC(=O)O1. The molecule has 6 atom stereocenters. The number of rotatable bonds is 13. The molecule has 0 amide bonds. The molecule has 14 aliphatic heterocycles. The van der Waals surface area contributed by atoms with E-state index in [9.17, 15) is 134 Å². The van der Waals surface area contributed by atoms with Crippen LogP contribution >= 0.6 is 0 Å². The van der Waals surface area contributed by atoms with Crippen LogP contribution in [-0.4, -0.2) is 216 Å². The molecular weight excluding hydrogens is 1730 g/mol. The van der Waals surface area contributed by atoms with Crippen molar-refractivity contribution >= 4 is 167 Å². The molecule has 1 aromatic carbocycles. The zero-order valence-electron chi connectivity index (χ0n) is 69.6. The lowest BCUT2D eigenvalue weighted by atomic mass is 9.63. The average molecular weight is 1830 g/mol. The minimum atomic E-state index is -1.31. The predicted octanol–water partition coefficient (Wildman–Crippen LogP) is 2.64. The molecule has 16 rings (SSSR count). The van der Waals surface area contributed by atoms with Crippen LogP contribution in [0.3, 0.4) is 0 Å². The molecule has 44 nitrogen and oxygen atoms in total. The van der Waals surface area contributed by atoms with Crippen molar-refractivity contribution in [2.75, 3.05) is 39.3 Å². The lowest BCUT2D eigenvalue weighted by molar-refractivity contribution is -0.173. The van der Waals surface area contributed by atoms with Gasteiger partial charge in [0.15, 0.2) is 0 Å². The lowest BCUT2D eigenvalue weighted by Gasteiger charge is -2.37. The summed E-state index contributed by atoms with van der Waals surface area (Å²) in [4.78, 5) is 317. The zero-order valence-corrected chi connectivity index (χ0v) is 69.6. The molecule has 15 fully saturated rings. The number of hydrogen-bond acceptors (Lipinski definition) is 44. The smallest absolute Gasteiger partial charge is 0.327 e. The van der Waals surface area contributed by atoms with Gasteiger partial charge >= 0.3 is 167 Å². The molecule has 130 heavy (non-hydrogen) atoms. The van der Waals surface area contributed by atoms with Crippen molar-refractivity contribution in [2.45, 2.75) is 208 Å². The highest BCUT2D eigenvalue weighted by Crippen LogP contribution is 2.52. The molecule has 0 N–H and O–H groups in total.